The van der Waals surface area contributed by atoms with Gasteiger partial charge in [-0.2, -0.15) is 0 Å². The van der Waals surface area contributed by atoms with Crippen LogP contribution in [0.4, 0.5) is 0 Å². The zero-order chi connectivity index (χ0) is 17.8. The smallest absolute Gasteiger partial charge is 0.394 e. The van der Waals surface area contributed by atoms with E-state index in [0.29, 0.717) is 18.5 Å². The number of carbonyl (C=O) groups excluding carboxylic acids is 3. The maximum Gasteiger partial charge on any atom is 0.692 e. The number of aliphatic hydroxyl groups is 1. The Morgan fingerprint density at radius 1 is 1.39 bits per heavy atom. The zero-order valence-corrected chi connectivity index (χ0v) is 13.5. The van der Waals surface area contributed by atoms with Gasteiger partial charge in [0.15, 0.2) is 0 Å². The first-order chi connectivity index (χ1) is 10.8. The third kappa shape index (κ3) is 8.99. The Bertz CT molecular complexity index is 466. The number of rotatable bonds is 6. The van der Waals surface area contributed by atoms with E-state index in [4.69, 9.17) is 19.5 Å². The molecule has 1 unspecified atom stereocenters. The summed E-state index contributed by atoms with van der Waals surface area (Å²) >= 11 is 0. The number of likely N-dealkylation sites (tertiary alicyclic amines) is 1. The number of hydrogen-bond donors (Lipinski definition) is 5. The van der Waals surface area contributed by atoms with Crippen LogP contribution in [0.1, 0.15) is 19.8 Å². The molecule has 130 valence electrons. The Balaban J connectivity index is 0.00000108. The molecule has 0 saturated carbocycles. The number of nitrogens with zero attached hydrogens (tertiary/aromatic N) is 1. The van der Waals surface area contributed by atoms with Crippen molar-refractivity contribution in [3.8, 4) is 0 Å². The van der Waals surface area contributed by atoms with Gasteiger partial charge in [-0.3, -0.25) is 14.4 Å². The lowest BCUT2D eigenvalue weighted by Gasteiger charge is -2.23. The van der Waals surface area contributed by atoms with Crippen LogP contribution >= 0.6 is 8.25 Å². The van der Waals surface area contributed by atoms with Crippen LogP contribution in [0.3, 0.4) is 0 Å². The number of nitrogens with one attached hydrogen (secondary N) is 2. The van der Waals surface area contributed by atoms with Crippen molar-refractivity contribution in [3.63, 3.8) is 0 Å². The van der Waals surface area contributed by atoms with Gasteiger partial charge in [-0.1, -0.05) is 0 Å². The molecule has 1 aliphatic rings. The van der Waals surface area contributed by atoms with Gasteiger partial charge in [-0.15, -0.1) is 9.79 Å². The lowest BCUT2D eigenvalue weighted by Crippen LogP contribution is -2.44. The van der Waals surface area contributed by atoms with Crippen molar-refractivity contribution >= 4 is 26.5 Å². The number of carbonyl (C=O) groups is 3. The van der Waals surface area contributed by atoms with Crippen molar-refractivity contribution in [2.45, 2.75) is 25.8 Å². The number of amides is 3. The third-order valence-corrected chi connectivity index (χ3v) is 3.03. The van der Waals surface area contributed by atoms with Gasteiger partial charge in [-0.25, -0.2) is 0 Å². The predicted molar refractivity (Wildman–Crippen MR) is 79.8 cm³/mol. The molecule has 1 heterocycles. The normalized spacial score (nSPS) is 17.0. The average Bonchev–Trinajstić information content (AvgIpc) is 2.97. The van der Waals surface area contributed by atoms with E-state index in [1.54, 1.807) is 4.90 Å². The molecular weight excluding hydrogens is 329 g/mol. The van der Waals surface area contributed by atoms with Crippen molar-refractivity contribution in [1.82, 2.24) is 15.5 Å². The molecule has 0 aromatic carbocycles. The standard InChI is InChI=1S/C12H19N3O4.HO3P/c1-9(5-13-8-17)12(19)14-6-11(18)15-4-2-3-10(15)7-16;1-4(2)3/h5,8,10,16H,2-4,6-7H2,1H3,(H,13,17)(H,14,19);(H-,1,2,3)/p+1/b9-5-;. The Hall–Kier alpha value is -1.87. The van der Waals surface area contributed by atoms with Crippen molar-refractivity contribution in [2.24, 2.45) is 0 Å². The van der Waals surface area contributed by atoms with E-state index in [-0.39, 0.29) is 25.1 Å². The summed E-state index contributed by atoms with van der Waals surface area (Å²) < 4.78 is 8.70. The highest BCUT2D eigenvalue weighted by Gasteiger charge is 2.27. The van der Waals surface area contributed by atoms with E-state index in [1.165, 1.54) is 13.1 Å². The summed E-state index contributed by atoms with van der Waals surface area (Å²) in [5, 5.41) is 13.8. The number of aliphatic hydroxyl groups excluding tert-OH is 1. The summed E-state index contributed by atoms with van der Waals surface area (Å²) in [4.78, 5) is 49.3. The first-order valence-electron chi connectivity index (χ1n) is 6.73. The molecule has 1 rings (SSSR count). The highest BCUT2D eigenvalue weighted by molar-refractivity contribution is 7.30. The molecule has 0 aliphatic carbocycles. The third-order valence-electron chi connectivity index (χ3n) is 3.03. The molecular formula is C12H21N3O7P+. The molecule has 1 fully saturated rings. The fourth-order valence-electron chi connectivity index (χ4n) is 1.98. The van der Waals surface area contributed by atoms with E-state index in [1.807, 2.05) is 0 Å². The lowest BCUT2D eigenvalue weighted by atomic mass is 10.2. The zero-order valence-electron chi connectivity index (χ0n) is 12.6. The Morgan fingerprint density at radius 3 is 2.52 bits per heavy atom. The minimum atomic E-state index is -2.87. The fourth-order valence-corrected chi connectivity index (χ4v) is 1.98. The van der Waals surface area contributed by atoms with Gasteiger partial charge in [0.1, 0.15) is 0 Å². The van der Waals surface area contributed by atoms with Crippen LogP contribution in [0, 0.1) is 0 Å². The summed E-state index contributed by atoms with van der Waals surface area (Å²) in [6, 6.07) is -0.141. The second-order valence-electron chi connectivity index (χ2n) is 4.61. The molecule has 10 nitrogen and oxygen atoms in total. The van der Waals surface area contributed by atoms with Crippen LogP contribution in [0.25, 0.3) is 0 Å². The van der Waals surface area contributed by atoms with Gasteiger partial charge in [0.2, 0.25) is 18.2 Å². The van der Waals surface area contributed by atoms with E-state index in [2.05, 4.69) is 10.6 Å². The van der Waals surface area contributed by atoms with Gasteiger partial charge in [0.05, 0.1) is 19.2 Å². The highest BCUT2D eigenvalue weighted by atomic mass is 31.1. The van der Waals surface area contributed by atoms with Crippen LogP contribution in [0.15, 0.2) is 11.8 Å². The Labute approximate surface area is 134 Å². The van der Waals surface area contributed by atoms with Crippen LogP contribution in [-0.2, 0) is 18.9 Å². The van der Waals surface area contributed by atoms with Gasteiger partial charge >= 0.3 is 8.25 Å². The molecule has 5 N–H and O–H groups in total. The highest BCUT2D eigenvalue weighted by Crippen LogP contribution is 2.16. The van der Waals surface area contributed by atoms with Crippen molar-refractivity contribution in [2.75, 3.05) is 19.7 Å². The second kappa shape index (κ2) is 11.7. The first kappa shape index (κ1) is 21.1. The molecule has 3 amide bonds. The fraction of sp³-hybridized carbons (Fsp3) is 0.583. The largest absolute Gasteiger partial charge is 0.692 e. The molecule has 11 heteroatoms. The Kier molecular flexibility index (Phi) is 10.7. The molecule has 0 radical (unpaired) electrons. The van der Waals surface area contributed by atoms with E-state index >= 15 is 0 Å². The van der Waals surface area contributed by atoms with E-state index in [0.717, 1.165) is 12.8 Å². The van der Waals surface area contributed by atoms with Crippen molar-refractivity contribution < 1.29 is 33.8 Å². The van der Waals surface area contributed by atoms with Crippen molar-refractivity contribution in [1.29, 1.82) is 0 Å². The summed E-state index contributed by atoms with van der Waals surface area (Å²) in [5.41, 5.74) is 0.306. The monoisotopic (exact) mass is 350 g/mol. The minimum Gasteiger partial charge on any atom is -0.394 e. The summed E-state index contributed by atoms with van der Waals surface area (Å²) in [6.07, 6.45) is 3.38. The molecule has 23 heavy (non-hydrogen) atoms. The lowest BCUT2D eigenvalue weighted by molar-refractivity contribution is -0.133. The Morgan fingerprint density at radius 2 is 2.00 bits per heavy atom. The van der Waals surface area contributed by atoms with Gasteiger partial charge < -0.3 is 20.6 Å². The topological polar surface area (TPSA) is 156 Å². The van der Waals surface area contributed by atoms with Crippen LogP contribution in [0.5, 0.6) is 0 Å². The SMILES string of the molecule is C/C(=C/NC=O)C(=O)NCC(=O)N1CCCC1CO.O=[P+](O)O. The number of hydrogen-bond acceptors (Lipinski definition) is 5. The molecule has 1 atom stereocenters. The van der Waals surface area contributed by atoms with Crippen molar-refractivity contribution in [3.05, 3.63) is 11.8 Å². The predicted octanol–water partition coefficient (Wildman–Crippen LogP) is -1.64. The summed E-state index contributed by atoms with van der Waals surface area (Å²) in [6.45, 7) is 1.98. The average molecular weight is 350 g/mol. The molecule has 0 aromatic rings. The quantitative estimate of drug-likeness (QED) is 0.218. The molecule has 1 saturated heterocycles. The minimum absolute atomic E-state index is 0.0537. The van der Waals surface area contributed by atoms with Crippen LogP contribution in [0.2, 0.25) is 0 Å². The maximum atomic E-state index is 11.9. The van der Waals surface area contributed by atoms with Crippen LogP contribution in [-0.4, -0.2) is 63.8 Å². The van der Waals surface area contributed by atoms with Crippen LogP contribution < -0.4 is 10.6 Å². The summed E-state index contributed by atoms with van der Waals surface area (Å²) in [5.74, 6) is -0.622. The molecule has 1 aliphatic heterocycles. The second-order valence-corrected chi connectivity index (χ2v) is 5.12. The van der Waals surface area contributed by atoms with E-state index < -0.39 is 14.2 Å². The van der Waals surface area contributed by atoms with Gasteiger partial charge in [-0.05, 0) is 19.8 Å². The van der Waals surface area contributed by atoms with Gasteiger partial charge in [0, 0.05) is 22.9 Å². The molecule has 0 bridgehead atoms. The van der Waals surface area contributed by atoms with E-state index in [9.17, 15) is 14.4 Å². The first-order valence-corrected chi connectivity index (χ1v) is 7.90. The van der Waals surface area contributed by atoms with Gasteiger partial charge in [0.25, 0.3) is 0 Å². The maximum absolute atomic E-state index is 11.9. The summed E-state index contributed by atoms with van der Waals surface area (Å²) in [7, 11) is -2.87. The molecule has 0 spiro atoms. The molecule has 0 aromatic heterocycles.